The summed E-state index contributed by atoms with van der Waals surface area (Å²) in [5.74, 6) is 0. The summed E-state index contributed by atoms with van der Waals surface area (Å²) in [6, 6.07) is -0.359. The SMILES string of the molecule is CC(C)(C)OC(=O)N1CC(N)[C@@H](O)C1. The first kappa shape index (κ1) is 11.3. The van der Waals surface area contributed by atoms with Crippen LogP contribution in [0.25, 0.3) is 0 Å². The number of hydrogen-bond donors (Lipinski definition) is 2. The largest absolute Gasteiger partial charge is 0.444 e. The minimum atomic E-state index is -0.637. The van der Waals surface area contributed by atoms with Crippen LogP contribution in [-0.4, -0.2) is 46.9 Å². The van der Waals surface area contributed by atoms with Crippen molar-refractivity contribution in [2.24, 2.45) is 5.73 Å². The Hall–Kier alpha value is -0.810. The van der Waals surface area contributed by atoms with Crippen molar-refractivity contribution in [2.75, 3.05) is 13.1 Å². The molecular formula is C9H18N2O3. The number of hydrogen-bond acceptors (Lipinski definition) is 4. The topological polar surface area (TPSA) is 75.8 Å². The summed E-state index contributed by atoms with van der Waals surface area (Å²) >= 11 is 0. The third kappa shape index (κ3) is 2.85. The second-order valence-electron chi connectivity index (χ2n) is 4.62. The number of β-amino-alcohol motifs (C(OH)–C–C–N with tert-alkyl or cyclic N) is 1. The molecule has 82 valence electrons. The molecule has 1 heterocycles. The summed E-state index contributed by atoms with van der Waals surface area (Å²) in [4.78, 5) is 12.9. The van der Waals surface area contributed by atoms with E-state index in [0.717, 1.165) is 0 Å². The lowest BCUT2D eigenvalue weighted by atomic mass is 10.2. The number of aliphatic hydroxyl groups is 1. The summed E-state index contributed by atoms with van der Waals surface area (Å²) in [5, 5.41) is 9.34. The van der Waals surface area contributed by atoms with Crippen molar-refractivity contribution < 1.29 is 14.6 Å². The standard InChI is InChI=1S/C9H18N2O3/c1-9(2,3)14-8(13)11-4-6(10)7(12)5-11/h6-7,12H,4-5,10H2,1-3H3/t6?,7-/m0/s1. The van der Waals surface area contributed by atoms with Crippen LogP contribution in [0.2, 0.25) is 0 Å². The lowest BCUT2D eigenvalue weighted by molar-refractivity contribution is 0.0270. The Morgan fingerprint density at radius 3 is 2.43 bits per heavy atom. The number of likely N-dealkylation sites (tertiary alicyclic amines) is 1. The van der Waals surface area contributed by atoms with Crippen LogP contribution in [0, 0.1) is 0 Å². The Kier molecular flexibility index (Phi) is 3.01. The van der Waals surface area contributed by atoms with E-state index in [4.69, 9.17) is 10.5 Å². The maximum atomic E-state index is 11.5. The monoisotopic (exact) mass is 202 g/mol. The third-order valence-electron chi connectivity index (χ3n) is 1.98. The zero-order valence-corrected chi connectivity index (χ0v) is 8.86. The van der Waals surface area contributed by atoms with Crippen LogP contribution in [0.1, 0.15) is 20.8 Å². The Morgan fingerprint density at radius 1 is 1.50 bits per heavy atom. The first-order valence-electron chi connectivity index (χ1n) is 4.71. The quantitative estimate of drug-likeness (QED) is 0.576. The molecule has 0 aromatic heterocycles. The number of rotatable bonds is 0. The number of ether oxygens (including phenoxy) is 1. The normalized spacial score (nSPS) is 27.9. The van der Waals surface area contributed by atoms with Crippen molar-refractivity contribution in [2.45, 2.75) is 38.5 Å². The highest BCUT2D eigenvalue weighted by Crippen LogP contribution is 2.14. The van der Waals surface area contributed by atoms with Crippen LogP contribution < -0.4 is 5.73 Å². The summed E-state index contributed by atoms with van der Waals surface area (Å²) < 4.78 is 5.14. The van der Waals surface area contributed by atoms with E-state index < -0.39 is 17.8 Å². The molecule has 1 saturated heterocycles. The number of aliphatic hydroxyl groups excluding tert-OH is 1. The van der Waals surface area contributed by atoms with Crippen LogP contribution >= 0.6 is 0 Å². The second-order valence-corrected chi connectivity index (χ2v) is 4.62. The minimum absolute atomic E-state index is 0.260. The number of carbonyl (C=O) groups excluding carboxylic acids is 1. The molecule has 3 N–H and O–H groups in total. The molecule has 1 aliphatic rings. The number of nitrogens with zero attached hydrogens (tertiary/aromatic N) is 1. The van der Waals surface area contributed by atoms with Crippen molar-refractivity contribution in [3.05, 3.63) is 0 Å². The van der Waals surface area contributed by atoms with Gasteiger partial charge in [0.15, 0.2) is 0 Å². The van der Waals surface area contributed by atoms with Crippen LogP contribution in [0.4, 0.5) is 4.79 Å². The van der Waals surface area contributed by atoms with Gasteiger partial charge >= 0.3 is 6.09 Å². The van der Waals surface area contributed by atoms with Crippen LogP contribution in [0.3, 0.4) is 0 Å². The molecule has 0 aliphatic carbocycles. The van der Waals surface area contributed by atoms with Gasteiger partial charge in [0.1, 0.15) is 5.60 Å². The van der Waals surface area contributed by atoms with Gasteiger partial charge in [-0.25, -0.2) is 4.79 Å². The summed E-state index contributed by atoms with van der Waals surface area (Å²) in [7, 11) is 0. The molecule has 1 rings (SSSR count). The van der Waals surface area contributed by atoms with Crippen molar-refractivity contribution in [3.8, 4) is 0 Å². The molecule has 1 unspecified atom stereocenters. The smallest absolute Gasteiger partial charge is 0.410 e. The molecule has 0 aromatic rings. The highest BCUT2D eigenvalue weighted by Gasteiger charge is 2.33. The van der Waals surface area contributed by atoms with E-state index in [1.807, 2.05) is 0 Å². The van der Waals surface area contributed by atoms with Gasteiger partial charge in [0, 0.05) is 6.54 Å². The summed E-state index contributed by atoms with van der Waals surface area (Å²) in [6.45, 7) is 6.03. The predicted molar refractivity (Wildman–Crippen MR) is 51.8 cm³/mol. The van der Waals surface area contributed by atoms with Gasteiger partial charge in [0.05, 0.1) is 18.7 Å². The van der Waals surface area contributed by atoms with Gasteiger partial charge in [0.2, 0.25) is 0 Å². The van der Waals surface area contributed by atoms with Crippen LogP contribution in [0.15, 0.2) is 0 Å². The molecule has 1 amide bonds. The highest BCUT2D eigenvalue weighted by atomic mass is 16.6. The number of carbonyl (C=O) groups is 1. The lowest BCUT2D eigenvalue weighted by Gasteiger charge is -2.24. The molecule has 0 spiro atoms. The third-order valence-corrected chi connectivity index (χ3v) is 1.98. The van der Waals surface area contributed by atoms with E-state index in [2.05, 4.69) is 0 Å². The molecule has 1 fully saturated rings. The Bertz CT molecular complexity index is 215. The van der Waals surface area contributed by atoms with Gasteiger partial charge in [-0.3, -0.25) is 0 Å². The summed E-state index contributed by atoms with van der Waals surface area (Å²) in [5.41, 5.74) is 5.07. The number of amides is 1. The molecule has 0 radical (unpaired) electrons. The van der Waals surface area contributed by atoms with Gasteiger partial charge in [-0.15, -0.1) is 0 Å². The van der Waals surface area contributed by atoms with E-state index in [-0.39, 0.29) is 12.6 Å². The van der Waals surface area contributed by atoms with Crippen LogP contribution in [0.5, 0.6) is 0 Å². The Labute approximate surface area is 83.8 Å². The molecule has 5 heteroatoms. The van der Waals surface area contributed by atoms with E-state index in [1.165, 1.54) is 4.90 Å². The maximum Gasteiger partial charge on any atom is 0.410 e. The fourth-order valence-corrected chi connectivity index (χ4v) is 1.29. The molecular weight excluding hydrogens is 184 g/mol. The van der Waals surface area contributed by atoms with Gasteiger partial charge < -0.3 is 20.5 Å². The van der Waals surface area contributed by atoms with E-state index in [1.54, 1.807) is 20.8 Å². The number of nitrogens with two attached hydrogens (primary N) is 1. The summed E-state index contributed by atoms with van der Waals surface area (Å²) in [6.07, 6.45) is -1.05. The second kappa shape index (κ2) is 3.74. The molecule has 0 saturated carbocycles. The zero-order valence-electron chi connectivity index (χ0n) is 8.86. The van der Waals surface area contributed by atoms with Gasteiger partial charge in [-0.1, -0.05) is 0 Å². The van der Waals surface area contributed by atoms with Crippen molar-refractivity contribution >= 4 is 6.09 Å². The van der Waals surface area contributed by atoms with Crippen molar-refractivity contribution in [1.82, 2.24) is 4.90 Å². The van der Waals surface area contributed by atoms with Crippen molar-refractivity contribution in [3.63, 3.8) is 0 Å². The molecule has 0 bridgehead atoms. The molecule has 1 aliphatic heterocycles. The molecule has 14 heavy (non-hydrogen) atoms. The first-order valence-corrected chi connectivity index (χ1v) is 4.71. The van der Waals surface area contributed by atoms with E-state index >= 15 is 0 Å². The highest BCUT2D eigenvalue weighted by molar-refractivity contribution is 5.68. The van der Waals surface area contributed by atoms with Gasteiger partial charge in [-0.05, 0) is 20.8 Å². The van der Waals surface area contributed by atoms with Gasteiger partial charge in [0.25, 0.3) is 0 Å². The Morgan fingerprint density at radius 2 is 2.07 bits per heavy atom. The maximum absolute atomic E-state index is 11.5. The minimum Gasteiger partial charge on any atom is -0.444 e. The molecule has 0 aromatic carbocycles. The average Bonchev–Trinajstić information content (AvgIpc) is 2.28. The molecule has 5 nitrogen and oxygen atoms in total. The zero-order chi connectivity index (χ0) is 10.9. The Balaban J connectivity index is 2.48. The van der Waals surface area contributed by atoms with Crippen LogP contribution in [-0.2, 0) is 4.74 Å². The molecule has 2 atom stereocenters. The average molecular weight is 202 g/mol. The fraction of sp³-hybridized carbons (Fsp3) is 0.889. The van der Waals surface area contributed by atoms with Gasteiger partial charge in [-0.2, -0.15) is 0 Å². The lowest BCUT2D eigenvalue weighted by Crippen LogP contribution is -2.36. The fourth-order valence-electron chi connectivity index (χ4n) is 1.29. The van der Waals surface area contributed by atoms with Crippen molar-refractivity contribution in [1.29, 1.82) is 0 Å². The van der Waals surface area contributed by atoms with E-state index in [9.17, 15) is 9.90 Å². The first-order chi connectivity index (χ1) is 6.29. The van der Waals surface area contributed by atoms with E-state index in [0.29, 0.717) is 6.54 Å². The predicted octanol–water partition coefficient (Wildman–Crippen LogP) is -0.0747.